The monoisotopic (exact) mass is 204 g/mol. The molecule has 0 aliphatic heterocycles. The molecule has 0 heteroatoms. The van der Waals surface area contributed by atoms with Crippen molar-refractivity contribution in [1.82, 2.24) is 0 Å². The highest BCUT2D eigenvalue weighted by Gasteiger charge is 2.11. The molecule has 82 valence electrons. The maximum atomic E-state index is 7.78. The molecule has 0 N–H and O–H groups in total. The zero-order valence-electron chi connectivity index (χ0n) is 12.3. The average Bonchev–Trinajstić information content (AvgIpc) is 2.32. The van der Waals surface area contributed by atoms with Crippen LogP contribution in [-0.4, -0.2) is 0 Å². The number of hydrogen-bond acceptors (Lipinski definition) is 0. The van der Waals surface area contributed by atoms with Crippen LogP contribution in [0.15, 0.2) is 6.58 Å². The predicted octanol–water partition coefficient (Wildman–Crippen LogP) is 4.52. The van der Waals surface area contributed by atoms with E-state index in [1.54, 1.807) is 0 Å². The lowest BCUT2D eigenvalue weighted by Crippen LogP contribution is -2.02. The van der Waals surface area contributed by atoms with Crippen LogP contribution in [0, 0.1) is 27.7 Å². The van der Waals surface area contributed by atoms with Crippen molar-refractivity contribution in [2.45, 2.75) is 47.4 Å². The average molecular weight is 204 g/mol. The van der Waals surface area contributed by atoms with E-state index in [4.69, 9.17) is 2.74 Å². The summed E-state index contributed by atoms with van der Waals surface area (Å²) < 4.78 is 15.1. The summed E-state index contributed by atoms with van der Waals surface area (Å²) in [6.07, 6.45) is 2.28. The SMILES string of the molecule is [2H]CC([2H])Cc1c(C)c(C)c(C=C)c(C)c1C. The van der Waals surface area contributed by atoms with Gasteiger partial charge >= 0.3 is 0 Å². The topological polar surface area (TPSA) is 0 Å². The third kappa shape index (κ3) is 1.99. The van der Waals surface area contributed by atoms with Crippen LogP contribution in [0.3, 0.4) is 0 Å². The molecular formula is C15H22. The molecule has 1 rings (SSSR count). The molecule has 1 atom stereocenters. The van der Waals surface area contributed by atoms with Gasteiger partial charge in [0.05, 0.1) is 0 Å². The molecule has 1 aromatic carbocycles. The summed E-state index contributed by atoms with van der Waals surface area (Å²) in [5, 5.41) is 0. The Bertz CT molecular complexity index is 404. The lowest BCUT2D eigenvalue weighted by molar-refractivity contribution is 0.896. The van der Waals surface area contributed by atoms with E-state index in [0.29, 0.717) is 6.42 Å². The van der Waals surface area contributed by atoms with E-state index in [-0.39, 0.29) is 13.3 Å². The fourth-order valence-corrected chi connectivity index (χ4v) is 2.18. The molecular weight excluding hydrogens is 180 g/mol. The van der Waals surface area contributed by atoms with Crippen molar-refractivity contribution in [3.8, 4) is 0 Å². The third-order valence-corrected chi connectivity index (χ3v) is 3.39. The Labute approximate surface area is 96.8 Å². The summed E-state index contributed by atoms with van der Waals surface area (Å²) >= 11 is 0. The molecule has 0 heterocycles. The normalized spacial score (nSPS) is 14.4. The Hall–Kier alpha value is -1.04. The Morgan fingerprint density at radius 1 is 1.13 bits per heavy atom. The molecule has 0 aromatic heterocycles. The summed E-state index contributed by atoms with van der Waals surface area (Å²) in [7, 11) is 0. The molecule has 1 unspecified atom stereocenters. The zero-order valence-corrected chi connectivity index (χ0v) is 10.3. The Morgan fingerprint density at radius 3 is 2.07 bits per heavy atom. The van der Waals surface area contributed by atoms with Gasteiger partial charge in [-0.3, -0.25) is 0 Å². The van der Waals surface area contributed by atoms with Crippen molar-refractivity contribution in [3.63, 3.8) is 0 Å². The summed E-state index contributed by atoms with van der Waals surface area (Å²) in [4.78, 5) is 0. The van der Waals surface area contributed by atoms with Crippen LogP contribution >= 0.6 is 0 Å². The van der Waals surface area contributed by atoms with E-state index in [0.717, 1.165) is 0 Å². The van der Waals surface area contributed by atoms with Crippen LogP contribution in [-0.2, 0) is 6.42 Å². The van der Waals surface area contributed by atoms with Gasteiger partial charge in [0.15, 0.2) is 0 Å². The van der Waals surface area contributed by atoms with Crippen molar-refractivity contribution in [2.24, 2.45) is 0 Å². The van der Waals surface area contributed by atoms with E-state index < -0.39 is 0 Å². The minimum absolute atomic E-state index is 0.167. The van der Waals surface area contributed by atoms with Gasteiger partial charge in [0.2, 0.25) is 0 Å². The van der Waals surface area contributed by atoms with Crippen LogP contribution in [0.2, 0.25) is 0 Å². The van der Waals surface area contributed by atoms with Gasteiger partial charge in [-0.1, -0.05) is 26.0 Å². The van der Waals surface area contributed by atoms with Crippen LogP contribution in [0.25, 0.3) is 6.08 Å². The molecule has 1 aromatic rings. The Morgan fingerprint density at radius 2 is 1.67 bits per heavy atom. The van der Waals surface area contributed by atoms with Gasteiger partial charge < -0.3 is 0 Å². The summed E-state index contributed by atoms with van der Waals surface area (Å²) in [6.45, 7) is 12.5. The largest absolute Gasteiger partial charge is 0.0984 e. The highest BCUT2D eigenvalue weighted by molar-refractivity contribution is 5.62. The second-order valence-electron chi connectivity index (χ2n) is 4.09. The summed E-state index contributed by atoms with van der Waals surface area (Å²) in [5.41, 5.74) is 7.50. The van der Waals surface area contributed by atoms with Crippen LogP contribution < -0.4 is 0 Å². The molecule has 0 aliphatic carbocycles. The number of hydrogen-bond donors (Lipinski definition) is 0. The maximum absolute atomic E-state index is 7.78. The minimum atomic E-state index is -0.319. The number of rotatable bonds is 3. The van der Waals surface area contributed by atoms with Crippen molar-refractivity contribution >= 4 is 6.08 Å². The highest BCUT2D eigenvalue weighted by atomic mass is 14.2. The molecule has 0 aliphatic rings. The minimum Gasteiger partial charge on any atom is -0.0984 e. The number of benzene rings is 1. The van der Waals surface area contributed by atoms with Gasteiger partial charge in [-0.2, -0.15) is 0 Å². The second-order valence-corrected chi connectivity index (χ2v) is 4.09. The van der Waals surface area contributed by atoms with Gasteiger partial charge in [-0.15, -0.1) is 0 Å². The second kappa shape index (κ2) is 4.65. The van der Waals surface area contributed by atoms with Gasteiger partial charge in [0.25, 0.3) is 0 Å². The lowest BCUT2D eigenvalue weighted by atomic mass is 9.87. The van der Waals surface area contributed by atoms with Gasteiger partial charge in [0.1, 0.15) is 0 Å². The third-order valence-electron chi connectivity index (χ3n) is 3.39. The first-order chi connectivity index (χ1) is 7.93. The molecule has 0 saturated heterocycles. The van der Waals surface area contributed by atoms with Gasteiger partial charge in [-0.05, 0) is 67.5 Å². The smallest absolute Gasteiger partial charge is 0.0267 e. The van der Waals surface area contributed by atoms with E-state index in [2.05, 4.69) is 34.3 Å². The first-order valence-electron chi connectivity index (χ1n) is 6.65. The quantitative estimate of drug-likeness (QED) is 0.679. The van der Waals surface area contributed by atoms with Gasteiger partial charge in [0, 0.05) is 2.74 Å². The van der Waals surface area contributed by atoms with E-state index >= 15 is 0 Å². The molecule has 0 nitrogen and oxygen atoms in total. The van der Waals surface area contributed by atoms with Crippen molar-refractivity contribution in [1.29, 1.82) is 0 Å². The summed E-state index contributed by atoms with van der Waals surface area (Å²) in [6, 6.07) is 0. The molecule has 0 saturated carbocycles. The molecule has 15 heavy (non-hydrogen) atoms. The maximum Gasteiger partial charge on any atom is 0.0267 e. The predicted molar refractivity (Wildman–Crippen MR) is 69.5 cm³/mol. The van der Waals surface area contributed by atoms with Crippen LogP contribution in [0.5, 0.6) is 0 Å². The fraction of sp³-hybridized carbons (Fsp3) is 0.467. The molecule has 0 amide bonds. The molecule has 0 bridgehead atoms. The van der Waals surface area contributed by atoms with Gasteiger partial charge in [-0.25, -0.2) is 0 Å². The van der Waals surface area contributed by atoms with E-state index in [1.165, 1.54) is 33.4 Å². The first kappa shape index (κ1) is 9.21. The van der Waals surface area contributed by atoms with Crippen LogP contribution in [0.4, 0.5) is 0 Å². The fourth-order valence-electron chi connectivity index (χ4n) is 2.18. The van der Waals surface area contributed by atoms with E-state index in [9.17, 15) is 0 Å². The van der Waals surface area contributed by atoms with Crippen LogP contribution in [0.1, 0.15) is 49.4 Å². The van der Waals surface area contributed by atoms with E-state index in [1.807, 2.05) is 6.08 Å². The van der Waals surface area contributed by atoms with Crippen molar-refractivity contribution in [3.05, 3.63) is 40.0 Å². The highest BCUT2D eigenvalue weighted by Crippen LogP contribution is 2.28. The van der Waals surface area contributed by atoms with Crippen molar-refractivity contribution in [2.75, 3.05) is 0 Å². The standard InChI is InChI=1S/C15H22/c1-7-9-15-12(5)10(3)14(8-2)11(4)13(15)6/h8H,2,7,9H2,1,3-6H3/i1D,7D. The molecule has 0 fully saturated rings. The van der Waals surface area contributed by atoms with Crippen molar-refractivity contribution < 1.29 is 2.74 Å². The Kier molecular flexibility index (Phi) is 2.86. The summed E-state index contributed by atoms with van der Waals surface area (Å²) in [5.74, 6) is 0. The lowest BCUT2D eigenvalue weighted by Gasteiger charge is -2.18. The molecule has 0 spiro atoms. The zero-order chi connectivity index (χ0) is 13.2. The first-order valence-corrected chi connectivity index (χ1v) is 5.37. The molecule has 0 radical (unpaired) electrons. The Balaban J connectivity index is 3.37.